The lowest BCUT2D eigenvalue weighted by atomic mass is 10.1. The summed E-state index contributed by atoms with van der Waals surface area (Å²) in [7, 11) is 0. The molecule has 0 aliphatic carbocycles. The largest absolute Gasteiger partial charge is 0.334 e. The molecule has 1 aromatic heterocycles. The van der Waals surface area contributed by atoms with Crippen LogP contribution in [0.25, 0.3) is 10.9 Å². The molecule has 1 unspecified atom stereocenters. The first-order valence-corrected chi connectivity index (χ1v) is 9.16. The molecule has 0 bridgehead atoms. The average Bonchev–Trinajstić information content (AvgIpc) is 3.04. The highest BCUT2D eigenvalue weighted by molar-refractivity contribution is 6.04. The minimum absolute atomic E-state index is 0.318. The molecular formula is C21H19N5O3. The van der Waals surface area contributed by atoms with Crippen LogP contribution in [0.15, 0.2) is 60.8 Å². The molecular weight excluding hydrogens is 370 g/mol. The first-order chi connectivity index (χ1) is 14.1. The van der Waals surface area contributed by atoms with Gasteiger partial charge in [-0.3, -0.25) is 15.1 Å². The third kappa shape index (κ3) is 4.32. The molecule has 1 aliphatic rings. The summed E-state index contributed by atoms with van der Waals surface area (Å²) in [4.78, 5) is 39.3. The lowest BCUT2D eigenvalue weighted by molar-refractivity contribution is -0.120. The van der Waals surface area contributed by atoms with Crippen molar-refractivity contribution >= 4 is 34.6 Å². The molecule has 0 spiro atoms. The number of amides is 5. The summed E-state index contributed by atoms with van der Waals surface area (Å²) >= 11 is 0. The number of rotatable bonds is 5. The van der Waals surface area contributed by atoms with E-state index in [2.05, 4.69) is 26.3 Å². The quantitative estimate of drug-likeness (QED) is 0.502. The highest BCUT2D eigenvalue weighted by atomic mass is 16.2. The maximum absolute atomic E-state index is 12.2. The number of imide groups is 1. The van der Waals surface area contributed by atoms with Crippen molar-refractivity contribution in [2.24, 2.45) is 0 Å². The number of pyridine rings is 1. The fourth-order valence-corrected chi connectivity index (χ4v) is 3.23. The number of nitrogens with one attached hydrogen (secondary N) is 4. The monoisotopic (exact) mass is 389 g/mol. The Morgan fingerprint density at radius 2 is 1.86 bits per heavy atom. The zero-order chi connectivity index (χ0) is 20.2. The van der Waals surface area contributed by atoms with E-state index in [1.807, 2.05) is 42.5 Å². The Morgan fingerprint density at radius 3 is 2.62 bits per heavy atom. The van der Waals surface area contributed by atoms with Gasteiger partial charge in [0.05, 0.1) is 5.52 Å². The fraction of sp³-hybridized carbons (Fsp3) is 0.143. The first-order valence-electron chi connectivity index (χ1n) is 9.16. The number of nitrogens with zero attached hydrogens (tertiary/aromatic N) is 1. The molecule has 5 amide bonds. The molecule has 8 nitrogen and oxygen atoms in total. The van der Waals surface area contributed by atoms with Crippen LogP contribution in [-0.2, 0) is 17.8 Å². The van der Waals surface area contributed by atoms with Crippen LogP contribution in [0.3, 0.4) is 0 Å². The molecule has 29 heavy (non-hydrogen) atoms. The fourth-order valence-electron chi connectivity index (χ4n) is 3.23. The molecule has 1 fully saturated rings. The van der Waals surface area contributed by atoms with Crippen molar-refractivity contribution in [2.45, 2.75) is 19.0 Å². The third-order valence-electron chi connectivity index (χ3n) is 4.69. The molecule has 1 aliphatic heterocycles. The average molecular weight is 389 g/mol. The molecule has 0 radical (unpaired) electrons. The maximum Gasteiger partial charge on any atom is 0.322 e. The summed E-state index contributed by atoms with van der Waals surface area (Å²) in [5.41, 5.74) is 3.38. The molecule has 146 valence electrons. The van der Waals surface area contributed by atoms with E-state index in [9.17, 15) is 14.4 Å². The van der Waals surface area contributed by atoms with Crippen molar-refractivity contribution in [2.75, 3.05) is 5.32 Å². The highest BCUT2D eigenvalue weighted by Crippen LogP contribution is 2.16. The van der Waals surface area contributed by atoms with Crippen LogP contribution < -0.4 is 21.3 Å². The maximum atomic E-state index is 12.2. The van der Waals surface area contributed by atoms with E-state index < -0.39 is 12.1 Å². The van der Waals surface area contributed by atoms with Crippen LogP contribution in [0.5, 0.6) is 0 Å². The number of benzene rings is 2. The van der Waals surface area contributed by atoms with Crippen molar-refractivity contribution in [1.29, 1.82) is 0 Å². The van der Waals surface area contributed by atoms with Crippen LogP contribution in [0, 0.1) is 0 Å². The van der Waals surface area contributed by atoms with Gasteiger partial charge in [0.25, 0.3) is 5.91 Å². The summed E-state index contributed by atoms with van der Waals surface area (Å²) in [5.74, 6) is -0.333. The predicted octanol–water partition coefficient (Wildman–Crippen LogP) is 2.31. The number of carbonyl (C=O) groups excluding carboxylic acids is 3. The SMILES string of the molecule is O=C(NCc1cccc2ncccc12)Nc1ccc(CC2NC(=O)NC2=O)cc1. The summed E-state index contributed by atoms with van der Waals surface area (Å²) in [6.45, 7) is 0.378. The van der Waals surface area contributed by atoms with Gasteiger partial charge < -0.3 is 16.0 Å². The number of urea groups is 2. The van der Waals surface area contributed by atoms with Crippen molar-refractivity contribution in [3.8, 4) is 0 Å². The Kier molecular flexibility index (Phi) is 5.07. The van der Waals surface area contributed by atoms with E-state index in [-0.39, 0.29) is 11.9 Å². The number of anilines is 1. The van der Waals surface area contributed by atoms with E-state index in [0.717, 1.165) is 22.0 Å². The molecule has 4 N–H and O–H groups in total. The van der Waals surface area contributed by atoms with Gasteiger partial charge in [-0.05, 0) is 35.4 Å². The van der Waals surface area contributed by atoms with Gasteiger partial charge in [0.2, 0.25) is 0 Å². The zero-order valence-electron chi connectivity index (χ0n) is 15.4. The summed E-state index contributed by atoms with van der Waals surface area (Å²) in [6, 6.07) is 15.4. The summed E-state index contributed by atoms with van der Waals surface area (Å²) in [6.07, 6.45) is 2.13. The lowest BCUT2D eigenvalue weighted by Crippen LogP contribution is -2.31. The Hall–Kier alpha value is -3.94. The molecule has 2 heterocycles. The Labute approximate surface area is 166 Å². The van der Waals surface area contributed by atoms with Crippen LogP contribution >= 0.6 is 0 Å². The van der Waals surface area contributed by atoms with E-state index >= 15 is 0 Å². The summed E-state index contributed by atoms with van der Waals surface area (Å²) < 4.78 is 0. The van der Waals surface area contributed by atoms with Crippen LogP contribution in [0.2, 0.25) is 0 Å². The van der Waals surface area contributed by atoms with Crippen LogP contribution in [0.4, 0.5) is 15.3 Å². The number of fused-ring (bicyclic) bond motifs is 1. The standard InChI is InChI=1S/C21H19N5O3/c27-19-18(25-21(29)26-19)11-13-6-8-15(9-7-13)24-20(28)23-12-14-3-1-5-17-16(14)4-2-10-22-17/h1-10,18H,11-12H2,(H2,23,24,28)(H2,25,26,27,29). The number of hydrogen-bond acceptors (Lipinski definition) is 4. The molecule has 1 saturated heterocycles. The number of hydrogen-bond donors (Lipinski definition) is 4. The van der Waals surface area contributed by atoms with E-state index in [0.29, 0.717) is 18.7 Å². The van der Waals surface area contributed by atoms with Crippen molar-refractivity contribution in [1.82, 2.24) is 20.9 Å². The topological polar surface area (TPSA) is 112 Å². The van der Waals surface area contributed by atoms with Gasteiger partial charge in [0.1, 0.15) is 6.04 Å². The Balaban J connectivity index is 1.32. The number of aromatic nitrogens is 1. The van der Waals surface area contributed by atoms with Crippen LogP contribution in [0.1, 0.15) is 11.1 Å². The Bertz CT molecular complexity index is 1080. The molecule has 0 saturated carbocycles. The third-order valence-corrected chi connectivity index (χ3v) is 4.69. The van der Waals surface area contributed by atoms with E-state index in [1.165, 1.54) is 0 Å². The molecule has 4 rings (SSSR count). The van der Waals surface area contributed by atoms with Gasteiger partial charge in [-0.2, -0.15) is 0 Å². The van der Waals surface area contributed by atoms with Crippen LogP contribution in [-0.4, -0.2) is 29.0 Å². The van der Waals surface area contributed by atoms with Gasteiger partial charge in [-0.25, -0.2) is 9.59 Å². The van der Waals surface area contributed by atoms with Gasteiger partial charge in [-0.1, -0.05) is 30.3 Å². The van der Waals surface area contributed by atoms with Crippen molar-refractivity contribution in [3.63, 3.8) is 0 Å². The predicted molar refractivity (Wildman–Crippen MR) is 108 cm³/mol. The second-order valence-corrected chi connectivity index (χ2v) is 6.71. The van der Waals surface area contributed by atoms with Gasteiger partial charge >= 0.3 is 12.1 Å². The first kappa shape index (κ1) is 18.4. The number of carbonyl (C=O) groups is 3. The minimum Gasteiger partial charge on any atom is -0.334 e. The van der Waals surface area contributed by atoms with Gasteiger partial charge in [-0.15, -0.1) is 0 Å². The van der Waals surface area contributed by atoms with Crippen molar-refractivity contribution in [3.05, 3.63) is 71.9 Å². The van der Waals surface area contributed by atoms with Gasteiger partial charge in [0.15, 0.2) is 0 Å². The minimum atomic E-state index is -0.570. The van der Waals surface area contributed by atoms with Gasteiger partial charge in [0, 0.05) is 30.2 Å². The smallest absolute Gasteiger partial charge is 0.322 e. The molecule has 8 heteroatoms. The van der Waals surface area contributed by atoms with Crippen molar-refractivity contribution < 1.29 is 14.4 Å². The van der Waals surface area contributed by atoms with E-state index in [4.69, 9.17) is 0 Å². The lowest BCUT2D eigenvalue weighted by Gasteiger charge is -2.11. The molecule has 1 atom stereocenters. The molecule has 3 aromatic rings. The van der Waals surface area contributed by atoms with E-state index in [1.54, 1.807) is 18.3 Å². The second kappa shape index (κ2) is 7.97. The summed E-state index contributed by atoms with van der Waals surface area (Å²) in [5, 5.41) is 11.4. The Morgan fingerprint density at radius 1 is 1.03 bits per heavy atom. The second-order valence-electron chi connectivity index (χ2n) is 6.71. The normalized spacial score (nSPS) is 15.7. The zero-order valence-corrected chi connectivity index (χ0v) is 15.4. The highest BCUT2D eigenvalue weighted by Gasteiger charge is 2.29. The molecule has 2 aromatic carbocycles.